The monoisotopic (exact) mass is 366 g/mol. The van der Waals surface area contributed by atoms with Crippen molar-refractivity contribution in [1.29, 1.82) is 0 Å². The Hall–Kier alpha value is -1.21. The van der Waals surface area contributed by atoms with Gasteiger partial charge in [0.05, 0.1) is 7.11 Å². The molecule has 0 unspecified atom stereocenters. The van der Waals surface area contributed by atoms with Gasteiger partial charge in [-0.05, 0) is 24.7 Å². The predicted molar refractivity (Wildman–Crippen MR) is 105 cm³/mol. The summed E-state index contributed by atoms with van der Waals surface area (Å²) in [7, 11) is 3.69. The number of aliphatic hydroxyl groups is 1. The first kappa shape index (κ1) is 20.1. The zero-order valence-corrected chi connectivity index (χ0v) is 16.1. The number of hydrogen-bond donors (Lipinski definition) is 1. The second-order valence-corrected chi connectivity index (χ2v) is 7.57. The highest BCUT2D eigenvalue weighted by Gasteiger charge is 2.16. The van der Waals surface area contributed by atoms with E-state index in [0.717, 1.165) is 43.2 Å². The van der Waals surface area contributed by atoms with Crippen LogP contribution in [0.4, 0.5) is 0 Å². The number of thioether (sulfide) groups is 1. The molecule has 1 fully saturated rings. The molecule has 1 aromatic carbocycles. The molecule has 1 aliphatic heterocycles. The summed E-state index contributed by atoms with van der Waals surface area (Å²) in [6.45, 7) is 8.42. The Bertz CT molecular complexity index is 535. The lowest BCUT2D eigenvalue weighted by Crippen LogP contribution is -2.40. The van der Waals surface area contributed by atoms with Gasteiger partial charge in [-0.25, -0.2) is 0 Å². The molecule has 1 N–H and O–H groups in total. The maximum atomic E-state index is 10.2. The molecule has 5 nitrogen and oxygen atoms in total. The quantitative estimate of drug-likeness (QED) is 0.640. The molecular weight excluding hydrogens is 336 g/mol. The molecule has 1 aromatic rings. The van der Waals surface area contributed by atoms with E-state index in [0.29, 0.717) is 18.0 Å². The van der Waals surface area contributed by atoms with Gasteiger partial charge in [-0.3, -0.25) is 9.80 Å². The van der Waals surface area contributed by atoms with E-state index in [2.05, 4.69) is 16.4 Å². The van der Waals surface area contributed by atoms with Gasteiger partial charge in [0, 0.05) is 44.2 Å². The summed E-state index contributed by atoms with van der Waals surface area (Å²) in [5, 5.41) is 10.2. The third-order valence-corrected chi connectivity index (χ3v) is 5.07. The second-order valence-electron chi connectivity index (χ2n) is 6.35. The van der Waals surface area contributed by atoms with Crippen LogP contribution in [0.1, 0.15) is 5.56 Å². The number of β-amino-alcohol motifs (C(OH)–C–C–N with tert-alkyl or cyclic N) is 1. The van der Waals surface area contributed by atoms with Gasteiger partial charge < -0.3 is 14.6 Å². The fraction of sp³-hybridized carbons (Fsp3) is 0.579. The smallest absolute Gasteiger partial charge is 0.161 e. The fourth-order valence-electron chi connectivity index (χ4n) is 2.85. The van der Waals surface area contributed by atoms with Crippen LogP contribution >= 0.6 is 11.8 Å². The lowest BCUT2D eigenvalue weighted by atomic mass is 10.2. The summed E-state index contributed by atoms with van der Waals surface area (Å²) in [6.07, 6.45) is 1.39. The number of likely N-dealkylation sites (N-methyl/N-ethyl adjacent to an activating group) is 1. The van der Waals surface area contributed by atoms with Crippen molar-refractivity contribution < 1.29 is 14.6 Å². The van der Waals surface area contributed by atoms with E-state index in [1.54, 1.807) is 7.11 Å². The Morgan fingerprint density at radius 3 is 2.80 bits per heavy atom. The summed E-state index contributed by atoms with van der Waals surface area (Å²) in [4.78, 5) is 4.46. The highest BCUT2D eigenvalue weighted by atomic mass is 32.2. The number of rotatable bonds is 10. The van der Waals surface area contributed by atoms with Gasteiger partial charge in [-0.2, -0.15) is 11.8 Å². The molecule has 6 heteroatoms. The maximum Gasteiger partial charge on any atom is 0.161 e. The third kappa shape index (κ3) is 6.90. The van der Waals surface area contributed by atoms with Crippen molar-refractivity contribution in [3.8, 4) is 11.5 Å². The van der Waals surface area contributed by atoms with Crippen molar-refractivity contribution in [3.63, 3.8) is 0 Å². The third-order valence-electron chi connectivity index (χ3n) is 4.13. The molecule has 2 rings (SSSR count). The van der Waals surface area contributed by atoms with E-state index < -0.39 is 6.10 Å². The highest BCUT2D eigenvalue weighted by Crippen LogP contribution is 2.28. The van der Waals surface area contributed by atoms with Crippen molar-refractivity contribution in [2.45, 2.75) is 12.6 Å². The number of methoxy groups -OCH3 is 1. The van der Waals surface area contributed by atoms with Crippen LogP contribution in [-0.2, 0) is 6.54 Å². The Morgan fingerprint density at radius 2 is 2.12 bits per heavy atom. The van der Waals surface area contributed by atoms with Gasteiger partial charge >= 0.3 is 0 Å². The van der Waals surface area contributed by atoms with Crippen molar-refractivity contribution in [1.82, 2.24) is 9.80 Å². The van der Waals surface area contributed by atoms with Crippen LogP contribution in [-0.4, -0.2) is 79.5 Å². The molecule has 1 saturated heterocycles. The molecule has 0 radical (unpaired) electrons. The standard InChI is InChI=1S/C19H30N2O3S/c1-4-7-20(2)13-16-5-6-18(19(12-16)23-3)24-15-17(22)14-21-8-10-25-11-9-21/h4-6,12,17,22H,1,7-11,13-15H2,2-3H3/t17-/m1/s1. The van der Waals surface area contributed by atoms with Crippen LogP contribution in [0.5, 0.6) is 11.5 Å². The van der Waals surface area contributed by atoms with E-state index in [-0.39, 0.29) is 6.61 Å². The predicted octanol–water partition coefficient (Wildman–Crippen LogP) is 2.10. The zero-order chi connectivity index (χ0) is 18.1. The summed E-state index contributed by atoms with van der Waals surface area (Å²) in [6, 6.07) is 5.94. The number of benzene rings is 1. The van der Waals surface area contributed by atoms with E-state index >= 15 is 0 Å². The molecule has 1 heterocycles. The summed E-state index contributed by atoms with van der Waals surface area (Å²) in [5.74, 6) is 3.66. The second kappa shape index (κ2) is 10.7. The lowest BCUT2D eigenvalue weighted by Gasteiger charge is -2.28. The number of ether oxygens (including phenoxy) is 2. The normalized spacial score (nSPS) is 16.6. The van der Waals surface area contributed by atoms with Gasteiger partial charge in [0.25, 0.3) is 0 Å². The van der Waals surface area contributed by atoms with Crippen LogP contribution < -0.4 is 9.47 Å². The van der Waals surface area contributed by atoms with E-state index in [1.807, 2.05) is 43.1 Å². The van der Waals surface area contributed by atoms with Crippen molar-refractivity contribution >= 4 is 11.8 Å². The molecule has 0 aromatic heterocycles. The van der Waals surface area contributed by atoms with Crippen molar-refractivity contribution in [3.05, 3.63) is 36.4 Å². The molecule has 0 saturated carbocycles. The molecule has 1 aliphatic rings. The lowest BCUT2D eigenvalue weighted by molar-refractivity contribution is 0.0705. The molecular formula is C19H30N2O3S. The topological polar surface area (TPSA) is 45.2 Å². The summed E-state index contributed by atoms with van der Waals surface area (Å²) >= 11 is 1.97. The van der Waals surface area contributed by atoms with E-state index in [4.69, 9.17) is 9.47 Å². The van der Waals surface area contributed by atoms with Crippen LogP contribution in [0.25, 0.3) is 0 Å². The number of nitrogens with zero attached hydrogens (tertiary/aromatic N) is 2. The van der Waals surface area contributed by atoms with Crippen LogP contribution in [0.3, 0.4) is 0 Å². The first-order valence-electron chi connectivity index (χ1n) is 8.69. The number of hydrogen-bond acceptors (Lipinski definition) is 6. The SMILES string of the molecule is C=CCN(C)Cc1ccc(OC[C@H](O)CN2CCSCC2)c(OC)c1. The molecule has 25 heavy (non-hydrogen) atoms. The summed E-state index contributed by atoms with van der Waals surface area (Å²) < 4.78 is 11.3. The average Bonchev–Trinajstić information content (AvgIpc) is 2.61. The molecule has 0 spiro atoms. The highest BCUT2D eigenvalue weighted by molar-refractivity contribution is 7.99. The Kier molecular flexibility index (Phi) is 8.61. The first-order valence-corrected chi connectivity index (χ1v) is 9.85. The fourth-order valence-corrected chi connectivity index (χ4v) is 3.83. The number of aliphatic hydroxyl groups excluding tert-OH is 1. The van der Waals surface area contributed by atoms with Crippen LogP contribution in [0, 0.1) is 0 Å². The molecule has 140 valence electrons. The van der Waals surface area contributed by atoms with Crippen molar-refractivity contribution in [2.24, 2.45) is 0 Å². The molecule has 0 bridgehead atoms. The average molecular weight is 367 g/mol. The Labute approximate surface area is 155 Å². The minimum Gasteiger partial charge on any atom is -0.493 e. The van der Waals surface area contributed by atoms with Gasteiger partial charge in [-0.15, -0.1) is 6.58 Å². The van der Waals surface area contributed by atoms with Gasteiger partial charge in [-0.1, -0.05) is 12.1 Å². The molecule has 1 atom stereocenters. The first-order chi connectivity index (χ1) is 12.1. The van der Waals surface area contributed by atoms with Crippen LogP contribution in [0.2, 0.25) is 0 Å². The van der Waals surface area contributed by atoms with Gasteiger partial charge in [0.2, 0.25) is 0 Å². The largest absolute Gasteiger partial charge is 0.493 e. The summed E-state index contributed by atoms with van der Waals surface area (Å²) in [5.41, 5.74) is 1.15. The van der Waals surface area contributed by atoms with E-state index in [9.17, 15) is 5.11 Å². The van der Waals surface area contributed by atoms with Crippen molar-refractivity contribution in [2.75, 3.05) is 58.4 Å². The molecule has 0 amide bonds. The molecule has 0 aliphatic carbocycles. The van der Waals surface area contributed by atoms with E-state index in [1.165, 1.54) is 0 Å². The Balaban J connectivity index is 1.86. The maximum absolute atomic E-state index is 10.2. The minimum atomic E-state index is -0.494. The van der Waals surface area contributed by atoms with Gasteiger partial charge in [0.1, 0.15) is 12.7 Å². The Morgan fingerprint density at radius 1 is 1.36 bits per heavy atom. The minimum absolute atomic E-state index is 0.274. The zero-order valence-electron chi connectivity index (χ0n) is 15.3. The van der Waals surface area contributed by atoms with Gasteiger partial charge in [0.15, 0.2) is 11.5 Å². The van der Waals surface area contributed by atoms with Crippen LogP contribution in [0.15, 0.2) is 30.9 Å².